The number of rotatable bonds is 4. The van der Waals surface area contributed by atoms with Crippen LogP contribution in [-0.4, -0.2) is 11.1 Å². The fourth-order valence-corrected chi connectivity index (χ4v) is 2.59. The van der Waals surface area contributed by atoms with E-state index in [1.807, 2.05) is 26.0 Å². The molecule has 0 saturated heterocycles. The average molecular weight is 338 g/mol. The van der Waals surface area contributed by atoms with E-state index >= 15 is 0 Å². The summed E-state index contributed by atoms with van der Waals surface area (Å²) in [5.74, 6) is -0.263. The van der Waals surface area contributed by atoms with Crippen LogP contribution in [0.25, 0.3) is 11.0 Å². The van der Waals surface area contributed by atoms with E-state index in [4.69, 9.17) is 9.15 Å². The monoisotopic (exact) mass is 338 g/mol. The van der Waals surface area contributed by atoms with Crippen molar-refractivity contribution in [3.05, 3.63) is 75.1 Å². The van der Waals surface area contributed by atoms with Gasteiger partial charge in [0.2, 0.25) is 0 Å². The van der Waals surface area contributed by atoms with Crippen molar-refractivity contribution in [2.45, 2.75) is 26.9 Å². The second-order valence-corrected chi connectivity index (χ2v) is 6.03. The maximum atomic E-state index is 12.0. The summed E-state index contributed by atoms with van der Waals surface area (Å²) >= 11 is 0. The topological polar surface area (TPSA) is 76.7 Å². The summed E-state index contributed by atoms with van der Waals surface area (Å²) in [5.41, 5.74) is 3.47. The first-order chi connectivity index (χ1) is 11.9. The molecule has 0 amide bonds. The van der Waals surface area contributed by atoms with E-state index < -0.39 is 11.6 Å². The Morgan fingerprint density at radius 1 is 1.08 bits per heavy atom. The Bertz CT molecular complexity index is 983. The Kier molecular flexibility index (Phi) is 4.57. The third-order valence-electron chi connectivity index (χ3n) is 4.12. The third-order valence-corrected chi connectivity index (χ3v) is 4.12. The molecule has 2 aromatic carbocycles. The van der Waals surface area contributed by atoms with Crippen molar-refractivity contribution in [3.63, 3.8) is 0 Å². The van der Waals surface area contributed by atoms with Crippen LogP contribution in [0.3, 0.4) is 0 Å². The number of fused-ring (bicyclic) bond motifs is 1. The zero-order chi connectivity index (χ0) is 18.0. The zero-order valence-electron chi connectivity index (χ0n) is 14.0. The van der Waals surface area contributed by atoms with Gasteiger partial charge in [-0.2, -0.15) is 0 Å². The number of aromatic hydroxyl groups is 1. The van der Waals surface area contributed by atoms with Gasteiger partial charge in [0.1, 0.15) is 17.9 Å². The summed E-state index contributed by atoms with van der Waals surface area (Å²) in [6, 6.07) is 11.5. The molecule has 0 aliphatic carbocycles. The molecule has 0 aliphatic rings. The predicted molar refractivity (Wildman–Crippen MR) is 93.6 cm³/mol. The molecule has 0 fully saturated rings. The van der Waals surface area contributed by atoms with Crippen LogP contribution in [0, 0.1) is 13.8 Å². The fourth-order valence-electron chi connectivity index (χ4n) is 2.59. The van der Waals surface area contributed by atoms with Gasteiger partial charge >= 0.3 is 11.6 Å². The van der Waals surface area contributed by atoms with Gasteiger partial charge < -0.3 is 14.3 Å². The van der Waals surface area contributed by atoms with Gasteiger partial charge in [0.05, 0.1) is 6.42 Å². The standard InChI is InChI=1S/C20H18O5/c1-12-7-17-15(10-20(23)25-18(17)8-13(12)2)11-24-19(22)9-14-3-5-16(21)6-4-14/h3-8,10,21H,9,11H2,1-2H3. The highest BCUT2D eigenvalue weighted by Crippen LogP contribution is 2.22. The van der Waals surface area contributed by atoms with Gasteiger partial charge in [0.25, 0.3) is 0 Å². The second-order valence-electron chi connectivity index (χ2n) is 6.03. The molecule has 0 bridgehead atoms. The van der Waals surface area contributed by atoms with Gasteiger partial charge in [-0.3, -0.25) is 4.79 Å². The summed E-state index contributed by atoms with van der Waals surface area (Å²) in [7, 11) is 0. The normalized spacial score (nSPS) is 10.8. The van der Waals surface area contributed by atoms with E-state index in [0.717, 1.165) is 22.1 Å². The smallest absolute Gasteiger partial charge is 0.336 e. The van der Waals surface area contributed by atoms with Gasteiger partial charge in [0, 0.05) is 17.0 Å². The van der Waals surface area contributed by atoms with Crippen molar-refractivity contribution in [2.75, 3.05) is 0 Å². The quantitative estimate of drug-likeness (QED) is 0.583. The van der Waals surface area contributed by atoms with E-state index in [0.29, 0.717) is 11.1 Å². The molecular weight excluding hydrogens is 320 g/mol. The van der Waals surface area contributed by atoms with Gasteiger partial charge in [-0.1, -0.05) is 12.1 Å². The number of phenolic OH excluding ortho intramolecular Hbond substituents is 1. The van der Waals surface area contributed by atoms with E-state index in [-0.39, 0.29) is 18.8 Å². The first-order valence-corrected chi connectivity index (χ1v) is 7.90. The minimum atomic E-state index is -0.472. The Balaban J connectivity index is 1.78. The first kappa shape index (κ1) is 16.8. The molecule has 0 spiro atoms. The minimum Gasteiger partial charge on any atom is -0.508 e. The van der Waals surface area contributed by atoms with Gasteiger partial charge in [-0.15, -0.1) is 0 Å². The molecule has 0 radical (unpaired) electrons. The van der Waals surface area contributed by atoms with Crippen LogP contribution < -0.4 is 5.63 Å². The third kappa shape index (κ3) is 3.88. The van der Waals surface area contributed by atoms with Crippen LogP contribution in [0.15, 0.2) is 51.7 Å². The summed E-state index contributed by atoms with van der Waals surface area (Å²) in [6.07, 6.45) is 0.0950. The number of phenols is 1. The Morgan fingerprint density at radius 3 is 2.48 bits per heavy atom. The molecule has 1 N–H and O–H groups in total. The number of ether oxygens (including phenoxy) is 1. The number of esters is 1. The molecule has 128 valence electrons. The zero-order valence-corrected chi connectivity index (χ0v) is 14.0. The Morgan fingerprint density at radius 2 is 1.76 bits per heavy atom. The molecular formula is C20H18O5. The number of carbonyl (C=O) groups is 1. The van der Waals surface area contributed by atoms with Crippen molar-refractivity contribution < 1.29 is 19.1 Å². The van der Waals surface area contributed by atoms with Crippen LogP contribution in [-0.2, 0) is 22.6 Å². The van der Waals surface area contributed by atoms with E-state index in [1.165, 1.54) is 18.2 Å². The average Bonchev–Trinajstić information content (AvgIpc) is 2.56. The van der Waals surface area contributed by atoms with Crippen LogP contribution in [0.1, 0.15) is 22.3 Å². The molecule has 0 aliphatic heterocycles. The molecule has 1 aromatic heterocycles. The minimum absolute atomic E-state index is 0.00151. The first-order valence-electron chi connectivity index (χ1n) is 7.90. The Labute approximate surface area is 144 Å². The number of carbonyl (C=O) groups excluding carboxylic acids is 1. The molecule has 0 unspecified atom stereocenters. The predicted octanol–water partition coefficient (Wildman–Crippen LogP) is 3.40. The molecule has 0 atom stereocenters. The van der Waals surface area contributed by atoms with Crippen molar-refractivity contribution in [1.29, 1.82) is 0 Å². The second kappa shape index (κ2) is 6.81. The molecule has 1 heterocycles. The maximum absolute atomic E-state index is 12.0. The molecule has 5 nitrogen and oxygen atoms in total. The molecule has 3 aromatic rings. The number of benzene rings is 2. The number of hydrogen-bond acceptors (Lipinski definition) is 5. The van der Waals surface area contributed by atoms with Crippen molar-refractivity contribution in [1.82, 2.24) is 0 Å². The highest BCUT2D eigenvalue weighted by atomic mass is 16.5. The lowest BCUT2D eigenvalue weighted by atomic mass is 10.0. The van der Waals surface area contributed by atoms with Crippen molar-refractivity contribution in [3.8, 4) is 5.75 Å². The summed E-state index contributed by atoms with van der Waals surface area (Å²) in [5, 5.41) is 10.0. The number of hydrogen-bond donors (Lipinski definition) is 1. The SMILES string of the molecule is Cc1cc2oc(=O)cc(COC(=O)Cc3ccc(O)cc3)c2cc1C. The maximum Gasteiger partial charge on any atom is 0.336 e. The summed E-state index contributed by atoms with van der Waals surface area (Å²) < 4.78 is 10.5. The molecule has 0 saturated carbocycles. The lowest BCUT2D eigenvalue weighted by Gasteiger charge is -2.09. The highest BCUT2D eigenvalue weighted by molar-refractivity contribution is 5.82. The highest BCUT2D eigenvalue weighted by Gasteiger charge is 2.11. The lowest BCUT2D eigenvalue weighted by Crippen LogP contribution is -2.10. The van der Waals surface area contributed by atoms with Crippen molar-refractivity contribution in [2.24, 2.45) is 0 Å². The molecule has 5 heteroatoms. The molecule has 3 rings (SSSR count). The van der Waals surface area contributed by atoms with E-state index in [1.54, 1.807) is 12.1 Å². The van der Waals surface area contributed by atoms with Crippen LogP contribution in [0.5, 0.6) is 5.75 Å². The van der Waals surface area contributed by atoms with E-state index in [9.17, 15) is 14.7 Å². The van der Waals surface area contributed by atoms with Crippen LogP contribution >= 0.6 is 0 Å². The number of aryl methyl sites for hydroxylation is 2. The lowest BCUT2D eigenvalue weighted by molar-refractivity contribution is -0.144. The molecule has 25 heavy (non-hydrogen) atoms. The van der Waals surface area contributed by atoms with E-state index in [2.05, 4.69) is 0 Å². The van der Waals surface area contributed by atoms with Gasteiger partial charge in [-0.05, 0) is 54.8 Å². The van der Waals surface area contributed by atoms with Crippen LogP contribution in [0.2, 0.25) is 0 Å². The fraction of sp³-hybridized carbons (Fsp3) is 0.200. The van der Waals surface area contributed by atoms with Crippen molar-refractivity contribution >= 4 is 16.9 Å². The Hall–Kier alpha value is -3.08. The summed E-state index contributed by atoms with van der Waals surface area (Å²) in [6.45, 7) is 3.92. The van der Waals surface area contributed by atoms with Crippen LogP contribution in [0.4, 0.5) is 0 Å². The largest absolute Gasteiger partial charge is 0.508 e. The van der Waals surface area contributed by atoms with Gasteiger partial charge in [-0.25, -0.2) is 4.79 Å². The van der Waals surface area contributed by atoms with Gasteiger partial charge in [0.15, 0.2) is 0 Å². The summed E-state index contributed by atoms with van der Waals surface area (Å²) in [4.78, 5) is 23.8.